The maximum Gasteiger partial charge on any atom is 0.311 e. The van der Waals surface area contributed by atoms with Gasteiger partial charge in [0.15, 0.2) is 5.84 Å². The summed E-state index contributed by atoms with van der Waals surface area (Å²) in [6.45, 7) is 3.77. The number of amides is 1. The summed E-state index contributed by atoms with van der Waals surface area (Å²) in [5.41, 5.74) is 6.71. The van der Waals surface area contributed by atoms with Gasteiger partial charge in [-0.15, -0.1) is 5.10 Å². The normalized spacial score (nSPS) is 19.6. The van der Waals surface area contributed by atoms with Gasteiger partial charge < -0.3 is 4.74 Å². The molecule has 7 nitrogen and oxygen atoms in total. The molecule has 24 heavy (non-hydrogen) atoms. The second-order valence-corrected chi connectivity index (χ2v) is 5.72. The molecule has 1 amide bonds. The fourth-order valence-corrected chi connectivity index (χ4v) is 2.34. The zero-order chi connectivity index (χ0) is 17.5. The molecule has 1 unspecified atom stereocenters. The van der Waals surface area contributed by atoms with E-state index in [1.54, 1.807) is 26.0 Å². The summed E-state index contributed by atoms with van der Waals surface area (Å²) in [7, 11) is 0. The lowest BCUT2D eigenvalue weighted by atomic mass is 9.93. The highest BCUT2D eigenvalue weighted by atomic mass is 35.5. The number of hydrogen-bond donors (Lipinski definition) is 2. The first-order valence-electron chi connectivity index (χ1n) is 7.56. The maximum atomic E-state index is 11.7. The molecule has 1 saturated heterocycles. The van der Waals surface area contributed by atoms with E-state index in [4.69, 9.17) is 16.3 Å². The smallest absolute Gasteiger partial charge is 0.311 e. The SMILES string of the molecule is CCOC(=O)C/C(C)=N/N=C1\NNC(=O)CC1c1ccc(Cl)cc1. The lowest BCUT2D eigenvalue weighted by Gasteiger charge is -2.25. The van der Waals surface area contributed by atoms with E-state index < -0.39 is 0 Å². The average Bonchev–Trinajstić information content (AvgIpc) is 2.54. The number of hydrazine groups is 1. The number of amidine groups is 1. The molecular weight excluding hydrogens is 332 g/mol. The van der Waals surface area contributed by atoms with Crippen LogP contribution in [0.1, 0.15) is 38.2 Å². The van der Waals surface area contributed by atoms with E-state index in [2.05, 4.69) is 21.1 Å². The van der Waals surface area contributed by atoms with Gasteiger partial charge in [0.05, 0.1) is 18.9 Å². The molecule has 1 aliphatic heterocycles. The number of benzene rings is 1. The van der Waals surface area contributed by atoms with Crippen LogP contribution in [0, 0.1) is 0 Å². The highest BCUT2D eigenvalue weighted by Gasteiger charge is 2.27. The molecule has 0 saturated carbocycles. The van der Waals surface area contributed by atoms with Crippen LogP contribution in [0.2, 0.25) is 5.02 Å². The number of nitrogens with zero attached hydrogens (tertiary/aromatic N) is 2. The van der Waals surface area contributed by atoms with Crippen molar-refractivity contribution in [2.24, 2.45) is 10.2 Å². The first kappa shape index (κ1) is 17.9. The van der Waals surface area contributed by atoms with Gasteiger partial charge in [0.25, 0.3) is 0 Å². The summed E-state index contributed by atoms with van der Waals surface area (Å²) < 4.78 is 4.87. The minimum absolute atomic E-state index is 0.0720. The van der Waals surface area contributed by atoms with Crippen molar-refractivity contribution in [1.82, 2.24) is 10.9 Å². The molecule has 0 spiro atoms. The van der Waals surface area contributed by atoms with Crippen molar-refractivity contribution in [3.8, 4) is 0 Å². The van der Waals surface area contributed by atoms with Gasteiger partial charge in [0.2, 0.25) is 5.91 Å². The minimum Gasteiger partial charge on any atom is -0.466 e. The van der Waals surface area contributed by atoms with Crippen LogP contribution in [0.25, 0.3) is 0 Å². The monoisotopic (exact) mass is 350 g/mol. The van der Waals surface area contributed by atoms with Gasteiger partial charge in [-0.05, 0) is 31.5 Å². The summed E-state index contributed by atoms with van der Waals surface area (Å²) >= 11 is 5.90. The van der Waals surface area contributed by atoms with Crippen molar-refractivity contribution in [2.45, 2.75) is 32.6 Å². The fourth-order valence-electron chi connectivity index (χ4n) is 2.21. The Morgan fingerprint density at radius 3 is 2.71 bits per heavy atom. The maximum absolute atomic E-state index is 11.7. The van der Waals surface area contributed by atoms with Gasteiger partial charge in [-0.25, -0.2) is 0 Å². The third-order valence-corrected chi connectivity index (χ3v) is 3.61. The Balaban J connectivity index is 2.17. The molecule has 1 fully saturated rings. The number of carbonyl (C=O) groups is 2. The van der Waals surface area contributed by atoms with Crippen LogP contribution in [0.15, 0.2) is 34.5 Å². The number of ether oxygens (including phenoxy) is 1. The van der Waals surface area contributed by atoms with E-state index in [9.17, 15) is 9.59 Å². The fraction of sp³-hybridized carbons (Fsp3) is 0.375. The van der Waals surface area contributed by atoms with Crippen molar-refractivity contribution in [2.75, 3.05) is 6.61 Å². The van der Waals surface area contributed by atoms with E-state index in [0.717, 1.165) is 5.56 Å². The minimum atomic E-state index is -0.349. The molecule has 128 valence electrons. The molecular formula is C16H19ClN4O3. The van der Waals surface area contributed by atoms with Gasteiger partial charge in [0.1, 0.15) is 0 Å². The van der Waals surface area contributed by atoms with Gasteiger partial charge in [-0.1, -0.05) is 23.7 Å². The Hall–Kier alpha value is -2.41. The molecule has 2 rings (SSSR count). The quantitative estimate of drug-likeness (QED) is 0.483. The summed E-state index contributed by atoms with van der Waals surface area (Å²) in [5.74, 6) is -0.241. The molecule has 1 aromatic carbocycles. The van der Waals surface area contributed by atoms with Crippen LogP contribution in [-0.2, 0) is 14.3 Å². The molecule has 1 atom stereocenters. The number of carbonyl (C=O) groups excluding carboxylic acids is 2. The lowest BCUT2D eigenvalue weighted by molar-refractivity contribution is -0.141. The number of rotatable bonds is 5. The van der Waals surface area contributed by atoms with Gasteiger partial charge in [-0.2, -0.15) is 5.10 Å². The van der Waals surface area contributed by atoms with Crippen molar-refractivity contribution in [3.63, 3.8) is 0 Å². The second-order valence-electron chi connectivity index (χ2n) is 5.28. The van der Waals surface area contributed by atoms with Crippen LogP contribution in [0.3, 0.4) is 0 Å². The Labute approximate surface area is 145 Å². The predicted molar refractivity (Wildman–Crippen MR) is 91.9 cm³/mol. The molecule has 1 aromatic rings. The first-order valence-corrected chi connectivity index (χ1v) is 7.94. The second kappa shape index (κ2) is 8.44. The number of esters is 1. The van der Waals surface area contributed by atoms with Gasteiger partial charge >= 0.3 is 5.97 Å². The summed E-state index contributed by atoms with van der Waals surface area (Å²) in [4.78, 5) is 23.1. The van der Waals surface area contributed by atoms with E-state index in [1.165, 1.54) is 0 Å². The Morgan fingerprint density at radius 1 is 1.33 bits per heavy atom. The Kier molecular flexibility index (Phi) is 6.31. The standard InChI is InChI=1S/C16H19ClN4O3/c1-3-24-15(23)8-10(2)18-20-16-13(9-14(22)19-21-16)11-4-6-12(17)7-5-11/h4-7,13H,3,8-9H2,1-2H3,(H,19,22)(H,20,21)/b18-10+. The average molecular weight is 351 g/mol. The van der Waals surface area contributed by atoms with E-state index >= 15 is 0 Å². The third-order valence-electron chi connectivity index (χ3n) is 3.36. The molecule has 0 aliphatic carbocycles. The molecule has 0 bridgehead atoms. The van der Waals surface area contributed by atoms with Crippen LogP contribution >= 0.6 is 11.6 Å². The zero-order valence-electron chi connectivity index (χ0n) is 13.5. The Morgan fingerprint density at radius 2 is 2.04 bits per heavy atom. The summed E-state index contributed by atoms with van der Waals surface area (Å²) in [6.07, 6.45) is 0.322. The summed E-state index contributed by atoms with van der Waals surface area (Å²) in [6, 6.07) is 7.21. The highest BCUT2D eigenvalue weighted by Crippen LogP contribution is 2.24. The third kappa shape index (κ3) is 5.06. The predicted octanol–water partition coefficient (Wildman–Crippen LogP) is 2.18. The number of halogens is 1. The molecule has 0 radical (unpaired) electrons. The van der Waals surface area contributed by atoms with Crippen LogP contribution in [-0.4, -0.2) is 30.0 Å². The molecule has 2 N–H and O–H groups in total. The van der Waals surface area contributed by atoms with Crippen molar-refractivity contribution >= 4 is 35.0 Å². The number of nitrogens with one attached hydrogen (secondary N) is 2. The summed E-state index contributed by atoms with van der Waals surface area (Å²) in [5, 5.41) is 8.82. The molecule has 1 aliphatic rings. The topological polar surface area (TPSA) is 92.2 Å². The van der Waals surface area contributed by atoms with Gasteiger partial charge in [-0.3, -0.25) is 20.4 Å². The molecule has 1 heterocycles. The number of hydrogen-bond acceptors (Lipinski definition) is 5. The van der Waals surface area contributed by atoms with E-state index in [0.29, 0.717) is 23.2 Å². The lowest BCUT2D eigenvalue weighted by Crippen LogP contribution is -2.50. The molecule has 8 heteroatoms. The van der Waals surface area contributed by atoms with E-state index in [-0.39, 0.29) is 30.6 Å². The van der Waals surface area contributed by atoms with Gasteiger partial charge in [0, 0.05) is 17.2 Å². The van der Waals surface area contributed by atoms with Crippen molar-refractivity contribution in [1.29, 1.82) is 0 Å². The van der Waals surface area contributed by atoms with Crippen LogP contribution in [0.4, 0.5) is 0 Å². The Bertz CT molecular complexity index is 670. The first-order chi connectivity index (χ1) is 11.5. The van der Waals surface area contributed by atoms with E-state index in [1.807, 2.05) is 12.1 Å². The van der Waals surface area contributed by atoms with Crippen molar-refractivity contribution in [3.05, 3.63) is 34.9 Å². The van der Waals surface area contributed by atoms with Crippen LogP contribution < -0.4 is 10.9 Å². The van der Waals surface area contributed by atoms with Crippen molar-refractivity contribution < 1.29 is 14.3 Å². The zero-order valence-corrected chi connectivity index (χ0v) is 14.3. The molecule has 0 aromatic heterocycles. The highest BCUT2D eigenvalue weighted by molar-refractivity contribution is 6.30. The van der Waals surface area contributed by atoms with Crippen LogP contribution in [0.5, 0.6) is 0 Å². The largest absolute Gasteiger partial charge is 0.466 e.